The summed E-state index contributed by atoms with van der Waals surface area (Å²) in [6.45, 7) is 10.1. The van der Waals surface area contributed by atoms with Crippen molar-refractivity contribution >= 4 is 11.8 Å². The third kappa shape index (κ3) is 4.88. The van der Waals surface area contributed by atoms with Gasteiger partial charge in [-0.2, -0.15) is 0 Å². The van der Waals surface area contributed by atoms with Gasteiger partial charge in [0.15, 0.2) is 5.82 Å². The molecule has 2 aliphatic heterocycles. The quantitative estimate of drug-likeness (QED) is 0.636. The minimum Gasteiger partial charge on any atom is -0.334 e. The summed E-state index contributed by atoms with van der Waals surface area (Å²) in [5.74, 6) is 0.250. The van der Waals surface area contributed by atoms with Gasteiger partial charge in [-0.3, -0.25) is 9.59 Å². The molecule has 0 unspecified atom stereocenters. The molecule has 7 nitrogen and oxygen atoms in total. The highest BCUT2D eigenvalue weighted by atomic mass is 16.2. The topological polar surface area (TPSA) is 61.7 Å². The molecule has 0 saturated carbocycles. The molecule has 1 aromatic carbocycles. The van der Waals surface area contributed by atoms with E-state index < -0.39 is 0 Å². The first-order valence-electron chi connectivity index (χ1n) is 12.0. The van der Waals surface area contributed by atoms with Crippen LogP contribution in [-0.2, 0) is 13.1 Å². The van der Waals surface area contributed by atoms with Crippen molar-refractivity contribution < 1.29 is 9.59 Å². The Morgan fingerprint density at radius 2 is 1.84 bits per heavy atom. The summed E-state index contributed by atoms with van der Waals surface area (Å²) in [7, 11) is 0. The number of hydrogen-bond acceptors (Lipinski definition) is 4. The van der Waals surface area contributed by atoms with Crippen molar-refractivity contribution in [3.63, 3.8) is 0 Å². The molecule has 0 radical (unpaired) electrons. The molecule has 7 heteroatoms. The van der Waals surface area contributed by atoms with E-state index in [9.17, 15) is 9.59 Å². The molecular weight excluding hydrogens is 402 g/mol. The summed E-state index contributed by atoms with van der Waals surface area (Å²) >= 11 is 0. The number of hydrogen-bond donors (Lipinski definition) is 0. The highest BCUT2D eigenvalue weighted by Crippen LogP contribution is 2.21. The molecule has 0 aliphatic carbocycles. The zero-order valence-electron chi connectivity index (χ0n) is 19.4. The van der Waals surface area contributed by atoms with E-state index in [0.29, 0.717) is 31.2 Å². The predicted molar refractivity (Wildman–Crippen MR) is 124 cm³/mol. The molecule has 2 aromatic rings. The summed E-state index contributed by atoms with van der Waals surface area (Å²) in [5, 5.41) is 0. The Balaban J connectivity index is 1.49. The highest BCUT2D eigenvalue weighted by molar-refractivity contribution is 5.96. The average Bonchev–Trinajstić information content (AvgIpc) is 3.27. The summed E-state index contributed by atoms with van der Waals surface area (Å²) in [5.41, 5.74) is 1.50. The molecule has 1 aromatic heterocycles. The van der Waals surface area contributed by atoms with Crippen molar-refractivity contribution in [2.45, 2.75) is 58.7 Å². The fraction of sp³-hybridized carbons (Fsp3) is 0.560. The first-order valence-corrected chi connectivity index (χ1v) is 12.0. The second-order valence-corrected chi connectivity index (χ2v) is 8.87. The Hall–Kier alpha value is -2.67. The van der Waals surface area contributed by atoms with Crippen LogP contribution < -0.4 is 0 Å². The third-order valence-electron chi connectivity index (χ3n) is 6.76. The lowest BCUT2D eigenvalue weighted by Gasteiger charge is -2.38. The fourth-order valence-electron chi connectivity index (χ4n) is 4.76. The molecule has 0 N–H and O–H groups in total. The van der Waals surface area contributed by atoms with E-state index in [0.717, 1.165) is 57.4 Å². The van der Waals surface area contributed by atoms with Gasteiger partial charge in [0.25, 0.3) is 11.8 Å². The van der Waals surface area contributed by atoms with Gasteiger partial charge in [-0.25, -0.2) is 4.98 Å². The summed E-state index contributed by atoms with van der Waals surface area (Å²) in [4.78, 5) is 37.4. The van der Waals surface area contributed by atoms with E-state index >= 15 is 0 Å². The fourth-order valence-corrected chi connectivity index (χ4v) is 4.76. The van der Waals surface area contributed by atoms with Crippen LogP contribution >= 0.6 is 0 Å². The van der Waals surface area contributed by atoms with Gasteiger partial charge in [-0.1, -0.05) is 50.6 Å². The summed E-state index contributed by atoms with van der Waals surface area (Å²) in [6.07, 6.45) is 5.82. The maximum absolute atomic E-state index is 13.5. The normalized spacial score (nSPS) is 17.4. The number of benzene rings is 1. The van der Waals surface area contributed by atoms with E-state index in [1.165, 1.54) is 0 Å². The monoisotopic (exact) mass is 437 g/mol. The van der Waals surface area contributed by atoms with Gasteiger partial charge in [0.1, 0.15) is 5.69 Å². The Bertz CT molecular complexity index is 918. The van der Waals surface area contributed by atoms with Crippen molar-refractivity contribution in [2.75, 3.05) is 32.7 Å². The second kappa shape index (κ2) is 10.3. The van der Waals surface area contributed by atoms with Gasteiger partial charge in [0.2, 0.25) is 0 Å². The molecule has 0 bridgehead atoms. The van der Waals surface area contributed by atoms with Crippen molar-refractivity contribution in [2.24, 2.45) is 0 Å². The van der Waals surface area contributed by atoms with Gasteiger partial charge >= 0.3 is 0 Å². The summed E-state index contributed by atoms with van der Waals surface area (Å²) in [6, 6.07) is 10.2. The first-order chi connectivity index (χ1) is 15.6. The van der Waals surface area contributed by atoms with Crippen LogP contribution in [0.2, 0.25) is 0 Å². The first kappa shape index (κ1) is 22.5. The van der Waals surface area contributed by atoms with Crippen LogP contribution in [0, 0.1) is 0 Å². The minimum absolute atomic E-state index is 0.0299. The maximum atomic E-state index is 13.5. The second-order valence-electron chi connectivity index (χ2n) is 8.87. The zero-order chi connectivity index (χ0) is 22.5. The van der Waals surface area contributed by atoms with Crippen LogP contribution in [0.3, 0.4) is 0 Å². The molecule has 4 rings (SSSR count). The zero-order valence-corrected chi connectivity index (χ0v) is 19.4. The molecule has 32 heavy (non-hydrogen) atoms. The lowest BCUT2D eigenvalue weighted by molar-refractivity contribution is 0.0568. The Labute approximate surface area is 191 Å². The van der Waals surface area contributed by atoms with E-state index in [2.05, 4.69) is 23.7 Å². The molecule has 2 aliphatic rings. The minimum atomic E-state index is -0.101. The molecule has 1 saturated heterocycles. The molecular formula is C25H35N5O2. The van der Waals surface area contributed by atoms with Gasteiger partial charge in [0.05, 0.1) is 0 Å². The van der Waals surface area contributed by atoms with Crippen LogP contribution in [0.1, 0.15) is 66.2 Å². The van der Waals surface area contributed by atoms with Crippen molar-refractivity contribution in [3.8, 4) is 0 Å². The largest absolute Gasteiger partial charge is 0.334 e. The molecule has 172 valence electrons. The number of unbranched alkanes of at least 4 members (excludes halogenated alkanes) is 1. The smallest absolute Gasteiger partial charge is 0.290 e. The lowest BCUT2D eigenvalue weighted by Crippen LogP contribution is -2.47. The molecule has 0 spiro atoms. The Morgan fingerprint density at radius 1 is 1.09 bits per heavy atom. The van der Waals surface area contributed by atoms with E-state index in [1.54, 1.807) is 6.20 Å². The van der Waals surface area contributed by atoms with E-state index in [1.807, 2.05) is 44.7 Å². The maximum Gasteiger partial charge on any atom is 0.290 e. The molecule has 0 atom stereocenters. The van der Waals surface area contributed by atoms with Gasteiger partial charge < -0.3 is 19.3 Å². The number of likely N-dealkylation sites (tertiary alicyclic amines) is 1. The number of rotatable bonds is 8. The number of amides is 2. The SMILES string of the molecule is CCCCN(C(=O)c1cn2c(n1)C(=O)N(Cc1ccccc1)CC2)C1CCN(CC)CC1. The van der Waals surface area contributed by atoms with Crippen LogP contribution in [0.4, 0.5) is 0 Å². The van der Waals surface area contributed by atoms with Crippen LogP contribution in [0.5, 0.6) is 0 Å². The number of carbonyl (C=O) groups excluding carboxylic acids is 2. The number of carbonyl (C=O) groups is 2. The van der Waals surface area contributed by atoms with Gasteiger partial charge in [-0.15, -0.1) is 0 Å². The van der Waals surface area contributed by atoms with Crippen LogP contribution in [0.15, 0.2) is 36.5 Å². The number of piperidine rings is 1. The molecule has 2 amide bonds. The number of aromatic nitrogens is 2. The van der Waals surface area contributed by atoms with Gasteiger partial charge in [0, 0.05) is 51.5 Å². The van der Waals surface area contributed by atoms with Crippen molar-refractivity contribution in [1.82, 2.24) is 24.3 Å². The number of fused-ring (bicyclic) bond motifs is 1. The van der Waals surface area contributed by atoms with E-state index in [-0.39, 0.29) is 17.9 Å². The third-order valence-corrected chi connectivity index (χ3v) is 6.76. The number of imidazole rings is 1. The van der Waals surface area contributed by atoms with Crippen molar-refractivity contribution in [3.05, 3.63) is 53.6 Å². The predicted octanol–water partition coefficient (Wildman–Crippen LogP) is 3.27. The highest BCUT2D eigenvalue weighted by Gasteiger charge is 2.32. The molecule has 1 fully saturated rings. The van der Waals surface area contributed by atoms with Crippen LogP contribution in [-0.4, -0.2) is 74.8 Å². The van der Waals surface area contributed by atoms with Gasteiger partial charge in [-0.05, 0) is 31.4 Å². The molecule has 3 heterocycles. The average molecular weight is 438 g/mol. The van der Waals surface area contributed by atoms with Crippen LogP contribution in [0.25, 0.3) is 0 Å². The number of nitrogens with zero attached hydrogens (tertiary/aromatic N) is 5. The Kier molecular flexibility index (Phi) is 7.25. The van der Waals surface area contributed by atoms with Crippen molar-refractivity contribution in [1.29, 1.82) is 0 Å². The Morgan fingerprint density at radius 3 is 2.53 bits per heavy atom. The summed E-state index contributed by atoms with van der Waals surface area (Å²) < 4.78 is 1.86. The lowest BCUT2D eigenvalue weighted by atomic mass is 10.0. The standard InChI is InChI=1S/C25H35N5O2/c1-3-5-13-30(21-11-14-27(4-2)15-12-21)24(31)22-19-28-16-17-29(25(32)23(28)26-22)18-20-9-7-6-8-10-20/h6-10,19,21H,3-5,11-18H2,1-2H3. The van der Waals surface area contributed by atoms with E-state index in [4.69, 9.17) is 0 Å².